The Kier molecular flexibility index (Phi) is 8.17. The molecule has 3 aromatic rings. The summed E-state index contributed by atoms with van der Waals surface area (Å²) >= 11 is 1.54. The van der Waals surface area contributed by atoms with Gasteiger partial charge in [0.2, 0.25) is 11.8 Å². The second kappa shape index (κ2) is 11.6. The number of nitrogens with one attached hydrogen (secondary N) is 2. The molecule has 40 heavy (non-hydrogen) atoms. The van der Waals surface area contributed by atoms with Gasteiger partial charge in [-0.3, -0.25) is 9.59 Å². The minimum atomic E-state index is -0.914. The summed E-state index contributed by atoms with van der Waals surface area (Å²) in [6.45, 7) is 8.51. The van der Waals surface area contributed by atoms with Gasteiger partial charge in [-0.1, -0.05) is 64.3 Å². The third-order valence-corrected chi connectivity index (χ3v) is 9.41. The number of carbonyl (C=O) groups excluding carboxylic acids is 2. The first-order valence-electron chi connectivity index (χ1n) is 14.3. The van der Waals surface area contributed by atoms with E-state index in [0.29, 0.717) is 35.9 Å². The van der Waals surface area contributed by atoms with Crippen molar-refractivity contribution in [1.29, 1.82) is 0 Å². The number of furan rings is 1. The molecular formula is C32H39N3O4S. The molecule has 0 aliphatic heterocycles. The molecule has 2 heterocycles. The number of hydrogen-bond donors (Lipinski definition) is 2. The van der Waals surface area contributed by atoms with E-state index in [4.69, 9.17) is 9.15 Å². The monoisotopic (exact) mass is 561 g/mol. The van der Waals surface area contributed by atoms with E-state index in [1.54, 1.807) is 13.2 Å². The molecule has 5 rings (SSSR count). The van der Waals surface area contributed by atoms with Gasteiger partial charge in [0, 0.05) is 16.5 Å². The predicted octanol–water partition coefficient (Wildman–Crippen LogP) is 7.08. The lowest BCUT2D eigenvalue weighted by molar-refractivity contribution is -0.130. The Morgan fingerprint density at radius 3 is 2.55 bits per heavy atom. The van der Waals surface area contributed by atoms with Crippen LogP contribution >= 0.6 is 11.3 Å². The number of amides is 2. The van der Waals surface area contributed by atoms with Gasteiger partial charge in [-0.15, -0.1) is 11.3 Å². The molecule has 2 aromatic heterocycles. The van der Waals surface area contributed by atoms with E-state index in [1.165, 1.54) is 11.3 Å². The predicted molar refractivity (Wildman–Crippen MR) is 161 cm³/mol. The molecule has 2 fully saturated rings. The Morgan fingerprint density at radius 1 is 1.12 bits per heavy atom. The van der Waals surface area contributed by atoms with E-state index in [2.05, 4.69) is 36.1 Å². The topological polar surface area (TPSA) is 92.9 Å². The molecular weight excluding hydrogens is 522 g/mol. The average molecular weight is 562 g/mol. The lowest BCUT2D eigenvalue weighted by atomic mass is 9.80. The zero-order valence-corrected chi connectivity index (χ0v) is 24.5. The van der Waals surface area contributed by atoms with Crippen molar-refractivity contribution in [2.75, 3.05) is 7.11 Å². The Morgan fingerprint density at radius 2 is 1.90 bits per heavy atom. The van der Waals surface area contributed by atoms with Crippen molar-refractivity contribution in [2.45, 2.75) is 82.7 Å². The van der Waals surface area contributed by atoms with Gasteiger partial charge in [-0.25, -0.2) is 4.99 Å². The van der Waals surface area contributed by atoms with Crippen molar-refractivity contribution in [1.82, 2.24) is 10.6 Å². The molecule has 212 valence electrons. The molecule has 0 spiro atoms. The van der Waals surface area contributed by atoms with Crippen LogP contribution in [0.3, 0.4) is 0 Å². The molecule has 2 saturated carbocycles. The highest BCUT2D eigenvalue weighted by Crippen LogP contribution is 2.45. The minimum absolute atomic E-state index is 0.0479. The van der Waals surface area contributed by atoms with E-state index >= 15 is 0 Å². The number of ether oxygens (including phenoxy) is 1. The third kappa shape index (κ3) is 5.73. The lowest BCUT2D eigenvalue weighted by Crippen LogP contribution is -2.62. The van der Waals surface area contributed by atoms with E-state index in [9.17, 15) is 9.59 Å². The van der Waals surface area contributed by atoms with Gasteiger partial charge < -0.3 is 19.8 Å². The maximum atomic E-state index is 13.8. The van der Waals surface area contributed by atoms with E-state index < -0.39 is 5.54 Å². The van der Waals surface area contributed by atoms with Crippen LogP contribution in [0.2, 0.25) is 0 Å². The number of aliphatic imine (C=N–C) groups is 1. The van der Waals surface area contributed by atoms with Gasteiger partial charge in [0.25, 0.3) is 5.91 Å². The molecule has 0 radical (unpaired) electrons. The molecule has 8 heteroatoms. The first-order valence-corrected chi connectivity index (χ1v) is 15.2. The Hall–Kier alpha value is -3.39. The fraction of sp³-hybridized carbons (Fsp3) is 0.469. The molecule has 2 amide bonds. The van der Waals surface area contributed by atoms with Gasteiger partial charge in [0.05, 0.1) is 17.7 Å². The number of rotatable bonds is 10. The summed E-state index contributed by atoms with van der Waals surface area (Å²) in [6.07, 6.45) is 8.34. The van der Waals surface area contributed by atoms with Gasteiger partial charge in [-0.2, -0.15) is 0 Å². The summed E-state index contributed by atoms with van der Waals surface area (Å²) in [6, 6.07) is 11.2. The van der Waals surface area contributed by atoms with Crippen LogP contribution in [0.15, 0.2) is 57.8 Å². The quantitative estimate of drug-likeness (QED) is 0.204. The van der Waals surface area contributed by atoms with Crippen molar-refractivity contribution in [3.63, 3.8) is 0 Å². The van der Waals surface area contributed by atoms with Gasteiger partial charge >= 0.3 is 0 Å². The number of benzene rings is 1. The number of methoxy groups -OCH3 is 1. The highest BCUT2D eigenvalue weighted by molar-refractivity contribution is 7.12. The second-order valence-electron chi connectivity index (χ2n) is 11.3. The fourth-order valence-electron chi connectivity index (χ4n) is 5.89. The van der Waals surface area contributed by atoms with Gasteiger partial charge in [-0.05, 0) is 61.6 Å². The standard InChI is InChI=1S/C32H39N3O4S/c1-5-10-21(2)31(16-17-31)35-30(37)32(14-7-6-8-15-32)34-28(36)26-20-24-13-12-23(19-25(24)39-26)22(3)33-29(38-4)27-11-9-18-40-27/h9,11-13,18-21H,3,5-8,10,14-17H2,1-2,4H3,(H,34,36)(H,35,37). The van der Waals surface area contributed by atoms with Crippen LogP contribution in [0.1, 0.15) is 92.6 Å². The Bertz CT molecular complexity index is 1410. The van der Waals surface area contributed by atoms with Gasteiger partial charge in [0.15, 0.2) is 5.76 Å². The largest absolute Gasteiger partial charge is 0.480 e. The maximum Gasteiger partial charge on any atom is 0.287 e. The molecule has 0 bridgehead atoms. The molecule has 2 aliphatic carbocycles. The fourth-order valence-corrected chi connectivity index (χ4v) is 6.58. The highest BCUT2D eigenvalue weighted by atomic mass is 32.1. The van der Waals surface area contributed by atoms with Crippen molar-refractivity contribution in [3.05, 3.63) is 64.6 Å². The second-order valence-corrected chi connectivity index (χ2v) is 12.3. The van der Waals surface area contributed by atoms with Gasteiger partial charge in [0.1, 0.15) is 11.1 Å². The van der Waals surface area contributed by atoms with Crippen LogP contribution in [0.25, 0.3) is 16.7 Å². The molecule has 2 aliphatic rings. The first-order chi connectivity index (χ1) is 19.3. The van der Waals surface area contributed by atoms with Crippen LogP contribution in [0.5, 0.6) is 0 Å². The zero-order chi connectivity index (χ0) is 28.3. The normalized spacial score (nSPS) is 18.6. The Labute approximate surface area is 240 Å². The summed E-state index contributed by atoms with van der Waals surface area (Å²) in [5.74, 6) is 0.695. The SMILES string of the molecule is C=C(N=C(OC)c1cccs1)c1ccc2cc(C(=O)NC3(C(=O)NC4(C(C)CCC)CC4)CCCCC3)oc2c1. The molecule has 1 atom stereocenters. The summed E-state index contributed by atoms with van der Waals surface area (Å²) in [7, 11) is 1.59. The smallest absolute Gasteiger partial charge is 0.287 e. The molecule has 1 unspecified atom stereocenters. The van der Waals surface area contributed by atoms with Crippen molar-refractivity contribution >= 4 is 45.7 Å². The van der Waals surface area contributed by atoms with E-state index in [0.717, 1.165) is 60.8 Å². The number of fused-ring (bicyclic) bond motifs is 1. The van der Waals surface area contributed by atoms with E-state index in [-0.39, 0.29) is 23.1 Å². The van der Waals surface area contributed by atoms with Crippen LogP contribution in [-0.2, 0) is 9.53 Å². The number of hydrogen-bond acceptors (Lipinski definition) is 6. The van der Waals surface area contributed by atoms with Crippen LogP contribution < -0.4 is 10.6 Å². The number of thiophene rings is 1. The molecule has 0 saturated heterocycles. The summed E-state index contributed by atoms with van der Waals surface area (Å²) in [5, 5.41) is 9.26. The highest BCUT2D eigenvalue weighted by Gasteiger charge is 2.52. The first kappa shape index (κ1) is 28.1. The zero-order valence-electron chi connectivity index (χ0n) is 23.7. The molecule has 1 aromatic carbocycles. The van der Waals surface area contributed by atoms with Crippen LogP contribution in [-0.4, -0.2) is 35.9 Å². The van der Waals surface area contributed by atoms with Crippen LogP contribution in [0.4, 0.5) is 0 Å². The van der Waals surface area contributed by atoms with Crippen LogP contribution in [0, 0.1) is 5.92 Å². The number of carbonyl (C=O) groups is 2. The van der Waals surface area contributed by atoms with Crippen molar-refractivity contribution in [2.24, 2.45) is 10.9 Å². The summed E-state index contributed by atoms with van der Waals surface area (Å²) < 4.78 is 11.5. The van der Waals surface area contributed by atoms with Crippen molar-refractivity contribution in [3.8, 4) is 0 Å². The number of nitrogens with zero attached hydrogens (tertiary/aromatic N) is 1. The maximum absolute atomic E-state index is 13.8. The van der Waals surface area contributed by atoms with Crippen molar-refractivity contribution < 1.29 is 18.7 Å². The Balaban J connectivity index is 1.34. The van der Waals surface area contributed by atoms with E-state index in [1.807, 2.05) is 35.7 Å². The third-order valence-electron chi connectivity index (χ3n) is 8.55. The lowest BCUT2D eigenvalue weighted by Gasteiger charge is -2.38. The average Bonchev–Trinajstić information content (AvgIpc) is 3.34. The summed E-state index contributed by atoms with van der Waals surface area (Å²) in [4.78, 5) is 32.7. The minimum Gasteiger partial charge on any atom is -0.480 e. The summed E-state index contributed by atoms with van der Waals surface area (Å²) in [5.41, 5.74) is 0.802. The molecule has 7 nitrogen and oxygen atoms in total. The molecule has 2 N–H and O–H groups in total.